The molecule has 0 amide bonds. The summed E-state index contributed by atoms with van der Waals surface area (Å²) in [4.78, 5) is 6.88. The average Bonchev–Trinajstić information content (AvgIpc) is 2.47. The van der Waals surface area contributed by atoms with Crippen molar-refractivity contribution in [3.05, 3.63) is 35.9 Å². The molecule has 0 spiro atoms. The van der Waals surface area contributed by atoms with Crippen LogP contribution in [0.3, 0.4) is 0 Å². The molecule has 0 saturated carbocycles. The first kappa shape index (κ1) is 14.8. The van der Waals surface area contributed by atoms with Crippen molar-refractivity contribution < 1.29 is 4.74 Å². The van der Waals surface area contributed by atoms with Crippen molar-refractivity contribution in [2.45, 2.75) is 13.5 Å². The number of nitrogens with zero attached hydrogens (tertiary/aromatic N) is 2. The quantitative estimate of drug-likeness (QED) is 0.786. The number of ether oxygens (including phenoxy) is 1. The van der Waals surface area contributed by atoms with Crippen LogP contribution in [0, 0.1) is 0 Å². The van der Waals surface area contributed by atoms with Gasteiger partial charge in [0.15, 0.2) is 0 Å². The molecule has 0 aliphatic heterocycles. The number of anilines is 1. The van der Waals surface area contributed by atoms with Gasteiger partial charge in [0, 0.05) is 32.1 Å². The van der Waals surface area contributed by atoms with Gasteiger partial charge < -0.3 is 15.0 Å². The molecule has 0 atom stereocenters. The Hall–Kier alpha value is -1.65. The molecule has 1 aromatic heterocycles. The predicted octanol–water partition coefficient (Wildman–Crippen LogP) is 2.43. The molecule has 0 saturated heterocycles. The maximum absolute atomic E-state index is 5.41. The number of pyridine rings is 1. The summed E-state index contributed by atoms with van der Waals surface area (Å²) in [5.41, 5.74) is 2.31. The summed E-state index contributed by atoms with van der Waals surface area (Å²) in [5, 5.41) is 4.44. The van der Waals surface area contributed by atoms with Crippen molar-refractivity contribution in [3.8, 4) is 0 Å². The van der Waals surface area contributed by atoms with Crippen LogP contribution < -0.4 is 10.2 Å². The average molecular weight is 273 g/mol. The monoisotopic (exact) mass is 273 g/mol. The molecule has 1 heterocycles. The molecule has 2 aromatic rings. The van der Waals surface area contributed by atoms with E-state index in [1.807, 2.05) is 20.0 Å². The van der Waals surface area contributed by atoms with Gasteiger partial charge in [-0.2, -0.15) is 0 Å². The highest BCUT2D eigenvalue weighted by Crippen LogP contribution is 2.22. The van der Waals surface area contributed by atoms with Crippen molar-refractivity contribution in [2.24, 2.45) is 0 Å². The predicted molar refractivity (Wildman–Crippen MR) is 84.3 cm³/mol. The second-order valence-corrected chi connectivity index (χ2v) is 4.81. The first-order chi connectivity index (χ1) is 9.76. The summed E-state index contributed by atoms with van der Waals surface area (Å²) < 4.78 is 5.41. The highest BCUT2D eigenvalue weighted by Gasteiger charge is 2.08. The molecule has 0 fully saturated rings. The molecule has 4 nitrogen and oxygen atoms in total. The van der Waals surface area contributed by atoms with Crippen LogP contribution in [-0.4, -0.2) is 38.8 Å². The summed E-state index contributed by atoms with van der Waals surface area (Å²) in [6.45, 7) is 5.18. The standard InChI is InChI=1S/C16H23N3O/c1-4-20-10-9-19(3)16-11-13(12-17-2)14-7-5-6-8-15(14)18-16/h5-8,11,17H,4,9-10,12H2,1-3H3. The summed E-state index contributed by atoms with van der Waals surface area (Å²) in [6.07, 6.45) is 0. The zero-order valence-corrected chi connectivity index (χ0v) is 12.5. The largest absolute Gasteiger partial charge is 0.380 e. The highest BCUT2D eigenvalue weighted by atomic mass is 16.5. The van der Waals surface area contributed by atoms with Gasteiger partial charge in [-0.05, 0) is 31.7 Å². The van der Waals surface area contributed by atoms with Crippen LogP contribution in [-0.2, 0) is 11.3 Å². The first-order valence-electron chi connectivity index (χ1n) is 7.08. The Bertz CT molecular complexity index is 556. The Morgan fingerprint density at radius 1 is 1.30 bits per heavy atom. The first-order valence-corrected chi connectivity index (χ1v) is 7.08. The minimum atomic E-state index is 0.725. The number of aromatic nitrogens is 1. The molecule has 20 heavy (non-hydrogen) atoms. The molecule has 0 bridgehead atoms. The lowest BCUT2D eigenvalue weighted by Gasteiger charge is -2.20. The molecule has 108 valence electrons. The lowest BCUT2D eigenvalue weighted by Crippen LogP contribution is -2.24. The van der Waals surface area contributed by atoms with E-state index in [9.17, 15) is 0 Å². The third-order valence-corrected chi connectivity index (χ3v) is 3.32. The topological polar surface area (TPSA) is 37.4 Å². The molecule has 0 aliphatic carbocycles. The van der Waals surface area contributed by atoms with Gasteiger partial charge in [-0.25, -0.2) is 4.98 Å². The van der Waals surface area contributed by atoms with E-state index in [4.69, 9.17) is 9.72 Å². The summed E-state index contributed by atoms with van der Waals surface area (Å²) in [6, 6.07) is 10.4. The Labute approximate surface area is 120 Å². The van der Waals surface area contributed by atoms with Gasteiger partial charge >= 0.3 is 0 Å². The maximum Gasteiger partial charge on any atom is 0.129 e. The van der Waals surface area contributed by atoms with E-state index in [2.05, 4.69) is 41.5 Å². The fraction of sp³-hybridized carbons (Fsp3) is 0.438. The number of likely N-dealkylation sites (N-methyl/N-ethyl adjacent to an activating group) is 1. The van der Waals surface area contributed by atoms with Gasteiger partial charge in [-0.3, -0.25) is 0 Å². The van der Waals surface area contributed by atoms with Gasteiger partial charge in [-0.15, -0.1) is 0 Å². The second-order valence-electron chi connectivity index (χ2n) is 4.81. The lowest BCUT2D eigenvalue weighted by atomic mass is 10.1. The SMILES string of the molecule is CCOCCN(C)c1cc(CNC)c2ccccc2n1. The second kappa shape index (κ2) is 7.22. The Balaban J connectivity index is 2.29. The van der Waals surface area contributed by atoms with Crippen LogP contribution in [0.2, 0.25) is 0 Å². The number of hydrogen-bond donors (Lipinski definition) is 1. The van der Waals surface area contributed by atoms with Crippen molar-refractivity contribution >= 4 is 16.7 Å². The van der Waals surface area contributed by atoms with Crippen molar-refractivity contribution in [1.82, 2.24) is 10.3 Å². The maximum atomic E-state index is 5.41. The highest BCUT2D eigenvalue weighted by molar-refractivity contribution is 5.84. The van der Waals surface area contributed by atoms with Crippen LogP contribution in [0.15, 0.2) is 30.3 Å². The molecule has 1 aromatic carbocycles. The molecule has 0 radical (unpaired) electrons. The Kier molecular flexibility index (Phi) is 5.32. The molecule has 0 aliphatic rings. The van der Waals surface area contributed by atoms with Gasteiger partial charge in [0.05, 0.1) is 12.1 Å². The minimum Gasteiger partial charge on any atom is -0.380 e. The normalized spacial score (nSPS) is 10.9. The number of rotatable bonds is 7. The summed E-state index contributed by atoms with van der Waals surface area (Å²) in [7, 11) is 4.02. The number of nitrogens with one attached hydrogen (secondary N) is 1. The van der Waals surface area contributed by atoms with Crippen molar-refractivity contribution in [2.75, 3.05) is 38.8 Å². The van der Waals surface area contributed by atoms with Crippen molar-refractivity contribution in [1.29, 1.82) is 0 Å². The van der Waals surface area contributed by atoms with Crippen LogP contribution in [0.25, 0.3) is 10.9 Å². The van der Waals surface area contributed by atoms with Gasteiger partial charge in [-0.1, -0.05) is 18.2 Å². The number of benzene rings is 1. The fourth-order valence-electron chi connectivity index (χ4n) is 2.22. The van der Waals surface area contributed by atoms with Crippen molar-refractivity contribution in [3.63, 3.8) is 0 Å². The molecular weight excluding hydrogens is 250 g/mol. The van der Waals surface area contributed by atoms with Gasteiger partial charge in [0.25, 0.3) is 0 Å². The van der Waals surface area contributed by atoms with Crippen LogP contribution >= 0.6 is 0 Å². The third kappa shape index (κ3) is 3.46. The minimum absolute atomic E-state index is 0.725. The Morgan fingerprint density at radius 3 is 2.85 bits per heavy atom. The van der Waals surface area contributed by atoms with Crippen LogP contribution in [0.1, 0.15) is 12.5 Å². The van der Waals surface area contributed by atoms with Gasteiger partial charge in [0.1, 0.15) is 5.82 Å². The van der Waals surface area contributed by atoms with E-state index in [1.165, 1.54) is 10.9 Å². The fourth-order valence-corrected chi connectivity index (χ4v) is 2.22. The summed E-state index contributed by atoms with van der Waals surface area (Å²) >= 11 is 0. The van der Waals surface area contributed by atoms with Gasteiger partial charge in [0.2, 0.25) is 0 Å². The third-order valence-electron chi connectivity index (χ3n) is 3.32. The molecule has 0 unspecified atom stereocenters. The number of fused-ring (bicyclic) bond motifs is 1. The Morgan fingerprint density at radius 2 is 2.10 bits per heavy atom. The summed E-state index contributed by atoms with van der Waals surface area (Å²) in [5.74, 6) is 0.994. The zero-order valence-electron chi connectivity index (χ0n) is 12.5. The van der Waals surface area contributed by atoms with E-state index in [1.54, 1.807) is 0 Å². The molecular formula is C16H23N3O. The van der Waals surface area contributed by atoms with E-state index in [0.717, 1.165) is 37.6 Å². The number of para-hydroxylation sites is 1. The number of hydrogen-bond acceptors (Lipinski definition) is 4. The lowest BCUT2D eigenvalue weighted by molar-refractivity contribution is 0.154. The molecule has 4 heteroatoms. The molecule has 2 rings (SSSR count). The van der Waals surface area contributed by atoms with E-state index < -0.39 is 0 Å². The van der Waals surface area contributed by atoms with E-state index in [0.29, 0.717) is 0 Å². The van der Waals surface area contributed by atoms with E-state index >= 15 is 0 Å². The van der Waals surface area contributed by atoms with E-state index in [-0.39, 0.29) is 0 Å². The zero-order chi connectivity index (χ0) is 14.4. The smallest absolute Gasteiger partial charge is 0.129 e. The molecule has 1 N–H and O–H groups in total. The van der Waals surface area contributed by atoms with Crippen LogP contribution in [0.5, 0.6) is 0 Å². The van der Waals surface area contributed by atoms with Crippen LogP contribution in [0.4, 0.5) is 5.82 Å².